The maximum absolute atomic E-state index is 13.5. The highest BCUT2D eigenvalue weighted by Crippen LogP contribution is 2.36. The monoisotopic (exact) mass is 548 g/mol. The lowest BCUT2D eigenvalue weighted by Gasteiger charge is -2.27. The molecular formula is C26H32N2O7S2. The number of thiazole rings is 1. The zero-order chi connectivity index (χ0) is 26.0. The van der Waals surface area contributed by atoms with Crippen molar-refractivity contribution in [2.45, 2.75) is 74.2 Å². The van der Waals surface area contributed by atoms with Crippen LogP contribution in [-0.4, -0.2) is 56.5 Å². The smallest absolute Gasteiger partial charge is 0.309 e. The molecule has 2 atom stereocenters. The van der Waals surface area contributed by atoms with E-state index in [0.717, 1.165) is 10.6 Å². The minimum Gasteiger partial charge on any atom is -0.466 e. The number of hydrogen-bond acceptors (Lipinski definition) is 9. The highest BCUT2D eigenvalue weighted by atomic mass is 32.2. The minimum absolute atomic E-state index is 0.144. The van der Waals surface area contributed by atoms with Crippen LogP contribution in [0.3, 0.4) is 0 Å². The minimum atomic E-state index is -3.32. The maximum atomic E-state index is 13.5. The number of esters is 1. The van der Waals surface area contributed by atoms with Gasteiger partial charge in [0.25, 0.3) is 5.91 Å². The van der Waals surface area contributed by atoms with E-state index in [-0.39, 0.29) is 34.0 Å². The second kappa shape index (κ2) is 11.2. The molecule has 11 heteroatoms. The van der Waals surface area contributed by atoms with Gasteiger partial charge in [0.1, 0.15) is 0 Å². The maximum Gasteiger partial charge on any atom is 0.309 e. The van der Waals surface area contributed by atoms with Crippen molar-refractivity contribution in [1.29, 1.82) is 0 Å². The van der Waals surface area contributed by atoms with E-state index >= 15 is 0 Å². The van der Waals surface area contributed by atoms with Gasteiger partial charge < -0.3 is 14.2 Å². The summed E-state index contributed by atoms with van der Waals surface area (Å²) in [6.07, 6.45) is 3.57. The van der Waals surface area contributed by atoms with Gasteiger partial charge in [-0.3, -0.25) is 14.9 Å². The number of aromatic nitrogens is 1. The molecule has 1 saturated heterocycles. The summed E-state index contributed by atoms with van der Waals surface area (Å²) in [4.78, 5) is 31.5. The molecule has 2 unspecified atom stereocenters. The summed E-state index contributed by atoms with van der Waals surface area (Å²) in [5.74, 6) is -0.743. The van der Waals surface area contributed by atoms with Gasteiger partial charge >= 0.3 is 5.97 Å². The number of nitrogens with one attached hydrogen (secondary N) is 1. The lowest BCUT2D eigenvalue weighted by molar-refractivity contribution is -0.148. The summed E-state index contributed by atoms with van der Waals surface area (Å²) >= 11 is 1.37. The van der Waals surface area contributed by atoms with E-state index in [1.165, 1.54) is 11.3 Å². The first-order chi connectivity index (χ1) is 17.8. The van der Waals surface area contributed by atoms with Gasteiger partial charge in [-0.2, -0.15) is 0 Å². The number of rotatable bonds is 9. The van der Waals surface area contributed by atoms with E-state index in [1.54, 1.807) is 31.2 Å². The Bertz CT molecular complexity index is 1230. The normalized spacial score (nSPS) is 21.2. The van der Waals surface area contributed by atoms with Crippen LogP contribution in [0.2, 0.25) is 0 Å². The van der Waals surface area contributed by atoms with Crippen LogP contribution in [0.4, 0.5) is 5.13 Å². The number of fused-ring (bicyclic) bond motifs is 1. The van der Waals surface area contributed by atoms with E-state index in [2.05, 4.69) is 10.3 Å². The first kappa shape index (κ1) is 26.3. The van der Waals surface area contributed by atoms with Crippen LogP contribution in [0.25, 0.3) is 0 Å². The molecule has 1 saturated carbocycles. The third-order valence-electron chi connectivity index (χ3n) is 7.00. The van der Waals surface area contributed by atoms with Gasteiger partial charge in [0.2, 0.25) is 0 Å². The van der Waals surface area contributed by atoms with Crippen molar-refractivity contribution in [2.24, 2.45) is 5.92 Å². The molecule has 2 aliphatic carbocycles. The van der Waals surface area contributed by atoms with Gasteiger partial charge in [-0.05, 0) is 69.6 Å². The average Bonchev–Trinajstić information content (AvgIpc) is 3.69. The fourth-order valence-corrected chi connectivity index (χ4v) is 7.51. The summed E-state index contributed by atoms with van der Waals surface area (Å²) < 4.78 is 42.1. The topological polar surface area (TPSA) is 121 Å². The number of anilines is 1. The van der Waals surface area contributed by atoms with Gasteiger partial charge in [0.05, 0.1) is 34.5 Å². The van der Waals surface area contributed by atoms with Crippen LogP contribution in [0, 0.1) is 5.92 Å². The van der Waals surface area contributed by atoms with Crippen LogP contribution < -0.4 is 5.32 Å². The van der Waals surface area contributed by atoms with Crippen molar-refractivity contribution in [3.8, 4) is 0 Å². The fourth-order valence-electron chi connectivity index (χ4n) is 4.76. The molecule has 2 heterocycles. The summed E-state index contributed by atoms with van der Waals surface area (Å²) in [6.45, 7) is 3.29. The molecular weight excluding hydrogens is 516 g/mol. The van der Waals surface area contributed by atoms with E-state index in [9.17, 15) is 18.0 Å². The third-order valence-corrected chi connectivity index (χ3v) is 10.3. The van der Waals surface area contributed by atoms with Gasteiger partial charge in [0.15, 0.2) is 21.1 Å². The molecule has 2 fully saturated rings. The highest BCUT2D eigenvalue weighted by molar-refractivity contribution is 7.92. The molecule has 2 aromatic rings. The zero-order valence-electron chi connectivity index (χ0n) is 20.8. The van der Waals surface area contributed by atoms with Gasteiger partial charge in [-0.25, -0.2) is 13.4 Å². The molecule has 5 rings (SSSR count). The van der Waals surface area contributed by atoms with Gasteiger partial charge in [-0.15, -0.1) is 11.3 Å². The Morgan fingerprint density at radius 2 is 1.86 bits per heavy atom. The summed E-state index contributed by atoms with van der Waals surface area (Å²) in [5.41, 5.74) is 1.49. The number of ether oxygens (including phenoxy) is 3. The number of nitrogens with zero attached hydrogens (tertiary/aromatic N) is 1. The molecule has 9 nitrogen and oxygen atoms in total. The van der Waals surface area contributed by atoms with Crippen molar-refractivity contribution in [3.05, 3.63) is 40.4 Å². The predicted octanol–water partition coefficient (Wildman–Crippen LogP) is 3.62. The Labute approximate surface area is 220 Å². The molecule has 3 aliphatic rings. The number of benzene rings is 1. The standard InChI is InChI=1S/C26H32N2O7S2/c1-2-34-25(30)17-5-10-21-22(15-17)36-26(27-21)28-24(29)23(35-18-11-13-33-14-12-18)16-3-6-19(7-4-16)37(31,32)20-8-9-20/h3-4,6-7,17-18,20,23H,2,5,8-15H2,1H3,(H,27,28,29). The zero-order valence-corrected chi connectivity index (χ0v) is 22.4. The molecule has 0 bridgehead atoms. The van der Waals surface area contributed by atoms with E-state index in [4.69, 9.17) is 14.2 Å². The Morgan fingerprint density at radius 3 is 2.54 bits per heavy atom. The fraction of sp³-hybridized carbons (Fsp3) is 0.577. The molecule has 1 aromatic carbocycles. The van der Waals surface area contributed by atoms with Crippen LogP contribution in [0.1, 0.15) is 61.3 Å². The first-order valence-electron chi connectivity index (χ1n) is 12.9. The number of carbonyl (C=O) groups is 2. The van der Waals surface area contributed by atoms with Crippen LogP contribution in [-0.2, 0) is 46.5 Å². The number of aryl methyl sites for hydroxylation is 1. The van der Waals surface area contributed by atoms with Crippen molar-refractivity contribution < 1.29 is 32.2 Å². The molecule has 37 heavy (non-hydrogen) atoms. The number of hydrogen-bond donors (Lipinski definition) is 1. The summed E-state index contributed by atoms with van der Waals surface area (Å²) in [7, 11) is -3.32. The average molecular weight is 549 g/mol. The van der Waals surface area contributed by atoms with Crippen LogP contribution in [0.15, 0.2) is 29.2 Å². The molecule has 1 N–H and O–H groups in total. The van der Waals surface area contributed by atoms with E-state index < -0.39 is 15.9 Å². The molecule has 1 aromatic heterocycles. The molecule has 200 valence electrons. The van der Waals surface area contributed by atoms with Crippen molar-refractivity contribution in [3.63, 3.8) is 0 Å². The van der Waals surface area contributed by atoms with Crippen molar-refractivity contribution >= 4 is 38.2 Å². The van der Waals surface area contributed by atoms with Gasteiger partial charge in [0, 0.05) is 18.1 Å². The quantitative estimate of drug-likeness (QED) is 0.472. The number of carbonyl (C=O) groups excluding carboxylic acids is 2. The Balaban J connectivity index is 1.32. The van der Waals surface area contributed by atoms with E-state index in [0.29, 0.717) is 75.5 Å². The third kappa shape index (κ3) is 6.05. The molecule has 0 spiro atoms. The molecule has 1 amide bonds. The van der Waals surface area contributed by atoms with Crippen molar-refractivity contribution in [1.82, 2.24) is 4.98 Å². The first-order valence-corrected chi connectivity index (χ1v) is 15.2. The SMILES string of the molecule is CCOC(=O)C1CCc2nc(NC(=O)C(OC3CCOCC3)c3ccc(S(=O)(=O)C4CC4)cc3)sc2C1. The largest absolute Gasteiger partial charge is 0.466 e. The molecule has 1 aliphatic heterocycles. The molecule has 0 radical (unpaired) electrons. The van der Waals surface area contributed by atoms with Gasteiger partial charge in [-0.1, -0.05) is 12.1 Å². The Morgan fingerprint density at radius 1 is 1.14 bits per heavy atom. The Kier molecular flexibility index (Phi) is 7.94. The second-order valence-corrected chi connectivity index (χ2v) is 13.0. The number of sulfone groups is 1. The highest BCUT2D eigenvalue weighted by Gasteiger charge is 2.37. The van der Waals surface area contributed by atoms with Crippen LogP contribution >= 0.6 is 11.3 Å². The second-order valence-electron chi connectivity index (χ2n) is 9.71. The van der Waals surface area contributed by atoms with Crippen LogP contribution in [0.5, 0.6) is 0 Å². The van der Waals surface area contributed by atoms with Crippen molar-refractivity contribution in [2.75, 3.05) is 25.1 Å². The number of amides is 1. The lowest BCUT2D eigenvalue weighted by atomic mass is 9.91. The lowest BCUT2D eigenvalue weighted by Crippen LogP contribution is -2.31. The van der Waals surface area contributed by atoms with E-state index in [1.807, 2.05) is 0 Å². The predicted molar refractivity (Wildman–Crippen MR) is 137 cm³/mol. The Hall–Kier alpha value is -2.34. The summed E-state index contributed by atoms with van der Waals surface area (Å²) in [6, 6.07) is 6.45. The summed E-state index contributed by atoms with van der Waals surface area (Å²) in [5, 5.41) is 3.08.